The van der Waals surface area contributed by atoms with Crippen molar-refractivity contribution in [3.8, 4) is 0 Å². The third-order valence-corrected chi connectivity index (χ3v) is 5.76. The highest BCUT2D eigenvalue weighted by Crippen LogP contribution is 2.69. The fourth-order valence-corrected chi connectivity index (χ4v) is 4.41. The fourth-order valence-electron chi connectivity index (χ4n) is 2.23. The average Bonchev–Trinajstić information content (AvgIpc) is 2.57. The van der Waals surface area contributed by atoms with Crippen LogP contribution in [0.25, 0.3) is 16.5 Å². The minimum Gasteiger partial charge on any atom is -0.466 e. The first-order valence-corrected chi connectivity index (χ1v) is 10.4. The van der Waals surface area contributed by atoms with E-state index >= 15 is 8.78 Å². The number of azide groups is 1. The second-order valence-electron chi connectivity index (χ2n) is 8.28. The predicted octanol–water partition coefficient (Wildman–Crippen LogP) is 6.38. The lowest BCUT2D eigenvalue weighted by Crippen LogP contribution is -2.30. The molecule has 0 atom stereocenters. The van der Waals surface area contributed by atoms with Crippen molar-refractivity contribution in [3.05, 3.63) is 51.5 Å². The number of rotatable bonds is 7. The molecule has 30 heavy (non-hydrogen) atoms. The number of carbonyl (C=O) groups is 1. The van der Waals surface area contributed by atoms with Gasteiger partial charge in [-0.05, 0) is 58.7 Å². The Labute approximate surface area is 174 Å². The molecule has 0 fully saturated rings. The molecule has 0 aliphatic rings. The van der Waals surface area contributed by atoms with Crippen LogP contribution in [0.2, 0.25) is 0 Å². The van der Waals surface area contributed by atoms with Gasteiger partial charge in [-0.1, -0.05) is 29.4 Å². The lowest BCUT2D eigenvalue weighted by atomic mass is 10.1. The van der Waals surface area contributed by atoms with E-state index in [2.05, 4.69) is 14.8 Å². The Bertz CT molecular complexity index is 876. The van der Waals surface area contributed by atoms with Gasteiger partial charge in [0, 0.05) is 10.5 Å². The smallest absolute Gasteiger partial charge is 0.405 e. The summed E-state index contributed by atoms with van der Waals surface area (Å²) in [4.78, 5) is 14.1. The summed E-state index contributed by atoms with van der Waals surface area (Å²) < 4.78 is 58.8. The van der Waals surface area contributed by atoms with E-state index in [1.54, 1.807) is 0 Å². The molecular formula is C19H26F2N3O5P. The van der Waals surface area contributed by atoms with E-state index < -0.39 is 36.0 Å². The molecule has 1 rings (SSSR count). The summed E-state index contributed by atoms with van der Waals surface area (Å²) in [5.41, 5.74) is 1.61. The number of carbonyl (C=O) groups excluding carboxylic acids is 1. The topological polar surface area (TPSA) is 111 Å². The van der Waals surface area contributed by atoms with Gasteiger partial charge in [-0.15, -0.1) is 0 Å². The molecule has 0 saturated heterocycles. The van der Waals surface area contributed by atoms with Crippen molar-refractivity contribution in [1.82, 2.24) is 0 Å². The fraction of sp³-hybridized carbons (Fsp3) is 0.526. The Morgan fingerprint density at radius 2 is 1.53 bits per heavy atom. The molecule has 0 spiro atoms. The predicted molar refractivity (Wildman–Crippen MR) is 109 cm³/mol. The van der Waals surface area contributed by atoms with E-state index in [1.807, 2.05) is 0 Å². The molecule has 0 aromatic heterocycles. The lowest BCUT2D eigenvalue weighted by Gasteiger charge is -2.36. The SMILES string of the molecule is COC(=O)/C(=C/c1ccc(C(F)(F)P(=O)(OC(C)(C)C)OC(C)(C)C)cc1)N=[N+]=[N-]. The van der Waals surface area contributed by atoms with Crippen LogP contribution in [-0.2, 0) is 28.8 Å². The van der Waals surface area contributed by atoms with Crippen LogP contribution in [0.1, 0.15) is 52.7 Å². The largest absolute Gasteiger partial charge is 0.466 e. The van der Waals surface area contributed by atoms with Gasteiger partial charge in [-0.2, -0.15) is 8.78 Å². The number of hydrogen-bond donors (Lipinski definition) is 0. The Kier molecular flexibility index (Phi) is 7.96. The maximum atomic E-state index is 15.3. The van der Waals surface area contributed by atoms with Crippen molar-refractivity contribution >= 4 is 19.6 Å². The zero-order valence-corrected chi connectivity index (χ0v) is 18.9. The van der Waals surface area contributed by atoms with E-state index in [0.29, 0.717) is 0 Å². The van der Waals surface area contributed by atoms with Crippen LogP contribution in [-0.4, -0.2) is 24.3 Å². The molecular weight excluding hydrogens is 419 g/mol. The zero-order valence-electron chi connectivity index (χ0n) is 18.0. The molecule has 0 N–H and O–H groups in total. The molecule has 0 saturated carbocycles. The van der Waals surface area contributed by atoms with Gasteiger partial charge in [0.05, 0.1) is 18.3 Å². The molecule has 8 nitrogen and oxygen atoms in total. The van der Waals surface area contributed by atoms with Gasteiger partial charge in [0.25, 0.3) is 0 Å². The number of nitrogens with zero attached hydrogens (tertiary/aromatic N) is 3. The van der Waals surface area contributed by atoms with Crippen molar-refractivity contribution in [2.45, 2.75) is 58.4 Å². The summed E-state index contributed by atoms with van der Waals surface area (Å²) in [6, 6.07) is 4.55. The number of halogens is 2. The summed E-state index contributed by atoms with van der Waals surface area (Å²) in [6.07, 6.45) is 1.17. The second-order valence-corrected chi connectivity index (χ2v) is 10.2. The van der Waals surface area contributed by atoms with Crippen LogP contribution in [0.4, 0.5) is 8.78 Å². The molecule has 0 radical (unpaired) electrons. The Balaban J connectivity index is 3.41. The van der Waals surface area contributed by atoms with Crippen LogP contribution < -0.4 is 0 Å². The van der Waals surface area contributed by atoms with Gasteiger partial charge in [0.15, 0.2) is 0 Å². The molecule has 1 aromatic carbocycles. The third-order valence-electron chi connectivity index (χ3n) is 3.24. The Morgan fingerprint density at radius 3 is 1.90 bits per heavy atom. The molecule has 0 aliphatic heterocycles. The third kappa shape index (κ3) is 6.92. The van der Waals surface area contributed by atoms with Crippen molar-refractivity contribution in [2.75, 3.05) is 7.11 Å². The first-order valence-electron chi connectivity index (χ1n) is 8.90. The molecule has 0 bridgehead atoms. The van der Waals surface area contributed by atoms with Gasteiger partial charge in [-0.25, -0.2) is 4.79 Å². The number of alkyl halides is 2. The van der Waals surface area contributed by atoms with Crippen LogP contribution in [0.3, 0.4) is 0 Å². The molecule has 0 unspecified atom stereocenters. The van der Waals surface area contributed by atoms with E-state index in [1.165, 1.54) is 59.8 Å². The van der Waals surface area contributed by atoms with E-state index in [0.717, 1.165) is 19.2 Å². The highest BCUT2D eigenvalue weighted by atomic mass is 31.2. The summed E-state index contributed by atoms with van der Waals surface area (Å²) in [5.74, 6) is -0.885. The zero-order chi connectivity index (χ0) is 23.4. The molecule has 0 amide bonds. The minimum absolute atomic E-state index is 0.283. The highest BCUT2D eigenvalue weighted by molar-refractivity contribution is 7.54. The summed E-state index contributed by atoms with van der Waals surface area (Å²) in [5, 5.41) is 3.22. The van der Waals surface area contributed by atoms with Crippen molar-refractivity contribution < 1.29 is 31.9 Å². The van der Waals surface area contributed by atoms with Gasteiger partial charge in [0.1, 0.15) is 5.70 Å². The van der Waals surface area contributed by atoms with Crippen LogP contribution >= 0.6 is 7.60 Å². The minimum atomic E-state index is -4.95. The van der Waals surface area contributed by atoms with Crippen molar-refractivity contribution in [2.24, 2.45) is 5.11 Å². The van der Waals surface area contributed by atoms with Crippen molar-refractivity contribution in [1.29, 1.82) is 0 Å². The quantitative estimate of drug-likeness (QED) is 0.121. The van der Waals surface area contributed by atoms with Crippen molar-refractivity contribution in [3.63, 3.8) is 0 Å². The summed E-state index contributed by atoms with van der Waals surface area (Å²) >= 11 is 0. The maximum Gasteiger partial charge on any atom is 0.405 e. The van der Waals surface area contributed by atoms with E-state index in [9.17, 15) is 9.36 Å². The van der Waals surface area contributed by atoms with Crippen LogP contribution in [0.15, 0.2) is 35.1 Å². The van der Waals surface area contributed by atoms with Gasteiger partial charge in [0.2, 0.25) is 0 Å². The normalized spacial score (nSPS) is 13.6. The lowest BCUT2D eigenvalue weighted by molar-refractivity contribution is -0.136. The number of ether oxygens (including phenoxy) is 1. The molecule has 0 aliphatic carbocycles. The van der Waals surface area contributed by atoms with Crippen LogP contribution in [0, 0.1) is 0 Å². The summed E-state index contributed by atoms with van der Waals surface area (Å²) in [6.45, 7) is 9.00. The molecule has 166 valence electrons. The average molecular weight is 445 g/mol. The number of methoxy groups -OCH3 is 1. The molecule has 1 aromatic rings. The Morgan fingerprint density at radius 1 is 1.07 bits per heavy atom. The highest BCUT2D eigenvalue weighted by Gasteiger charge is 2.58. The summed E-state index contributed by atoms with van der Waals surface area (Å²) in [7, 11) is -3.84. The number of benzene rings is 1. The molecule has 0 heterocycles. The first-order chi connectivity index (χ1) is 13.5. The maximum absolute atomic E-state index is 15.3. The van der Waals surface area contributed by atoms with Gasteiger partial charge >= 0.3 is 19.2 Å². The first kappa shape index (κ1) is 25.8. The van der Waals surface area contributed by atoms with Gasteiger partial charge < -0.3 is 4.74 Å². The van der Waals surface area contributed by atoms with Gasteiger partial charge in [-0.3, -0.25) is 13.6 Å². The molecule has 11 heteroatoms. The van der Waals surface area contributed by atoms with E-state index in [-0.39, 0.29) is 11.3 Å². The second kappa shape index (κ2) is 9.27. The Hall–Kier alpha value is -2.25. The standard InChI is InChI=1S/C19H26F2N3O5P/c1-17(2,3)28-30(26,29-18(4,5)6)19(20,21)14-10-8-13(9-11-14)12-15(23-24-22)16(25)27-7/h8-12H,1-7H3/b15-12-. The van der Waals surface area contributed by atoms with Crippen LogP contribution in [0.5, 0.6) is 0 Å². The monoisotopic (exact) mass is 445 g/mol. The number of hydrogen-bond acceptors (Lipinski definition) is 6. The number of esters is 1. The van der Waals surface area contributed by atoms with E-state index in [4.69, 9.17) is 14.6 Å².